The number of hydrazone groups is 1. The number of aromatic nitrogens is 3. The molecule has 184 valence electrons. The van der Waals surface area contributed by atoms with E-state index in [-0.39, 0.29) is 30.0 Å². The average Bonchev–Trinajstić information content (AvgIpc) is 3.44. The van der Waals surface area contributed by atoms with Crippen molar-refractivity contribution in [2.24, 2.45) is 5.10 Å². The van der Waals surface area contributed by atoms with Crippen LogP contribution in [0.5, 0.6) is 5.75 Å². The molecule has 2 heterocycles. The molecule has 1 aromatic carbocycles. The lowest BCUT2D eigenvalue weighted by molar-refractivity contribution is -0.113. The third kappa shape index (κ3) is 6.41. The Labute approximate surface area is 218 Å². The number of aromatic amines is 1. The Balaban J connectivity index is 1.34. The first-order chi connectivity index (χ1) is 16.9. The summed E-state index contributed by atoms with van der Waals surface area (Å²) in [6.45, 7) is 2.05. The van der Waals surface area contributed by atoms with Gasteiger partial charge in [-0.05, 0) is 56.4 Å². The SMILES string of the molecule is CCOC(=O)c1c(NC(=O)CSc2n[nH]c(N/N=C/c3cc(Br)ccc3O)n2)sc2c1CCCC2. The molecule has 0 aliphatic heterocycles. The molecule has 0 atom stereocenters. The van der Waals surface area contributed by atoms with E-state index in [2.05, 4.69) is 47.0 Å². The van der Waals surface area contributed by atoms with E-state index in [0.29, 0.717) is 21.3 Å². The molecule has 1 amide bonds. The van der Waals surface area contributed by atoms with Crippen LogP contribution in [0.1, 0.15) is 46.1 Å². The number of carbonyl (C=O) groups is 2. The number of nitrogens with zero attached hydrogens (tertiary/aromatic N) is 3. The van der Waals surface area contributed by atoms with Crippen molar-refractivity contribution in [3.63, 3.8) is 0 Å². The molecular weight excluding hydrogens is 556 g/mol. The van der Waals surface area contributed by atoms with Crippen LogP contribution in [0.15, 0.2) is 32.9 Å². The second-order valence-corrected chi connectivity index (χ2v) is 10.5. The Morgan fingerprint density at radius 1 is 1.37 bits per heavy atom. The van der Waals surface area contributed by atoms with Crippen molar-refractivity contribution in [2.75, 3.05) is 23.1 Å². The maximum atomic E-state index is 12.6. The highest BCUT2D eigenvalue weighted by atomic mass is 79.9. The van der Waals surface area contributed by atoms with E-state index in [1.165, 1.54) is 17.6 Å². The number of phenols is 1. The van der Waals surface area contributed by atoms with Gasteiger partial charge in [0.15, 0.2) is 0 Å². The van der Waals surface area contributed by atoms with E-state index in [0.717, 1.165) is 52.4 Å². The summed E-state index contributed by atoms with van der Waals surface area (Å²) in [5, 5.41) is 24.4. The van der Waals surface area contributed by atoms with Crippen molar-refractivity contribution in [1.29, 1.82) is 0 Å². The van der Waals surface area contributed by atoms with Crippen LogP contribution < -0.4 is 10.7 Å². The number of fused-ring (bicyclic) bond motifs is 1. The number of thioether (sulfide) groups is 1. The molecule has 0 bridgehead atoms. The first-order valence-electron chi connectivity index (χ1n) is 10.9. The molecule has 1 aliphatic carbocycles. The second-order valence-electron chi connectivity index (χ2n) is 7.51. The lowest BCUT2D eigenvalue weighted by Gasteiger charge is -2.12. The summed E-state index contributed by atoms with van der Waals surface area (Å²) in [5.41, 5.74) is 4.71. The van der Waals surface area contributed by atoms with Gasteiger partial charge in [-0.1, -0.05) is 27.7 Å². The number of aryl methyl sites for hydroxylation is 1. The van der Waals surface area contributed by atoms with Gasteiger partial charge < -0.3 is 15.2 Å². The highest BCUT2D eigenvalue weighted by molar-refractivity contribution is 9.10. The Kier molecular flexibility index (Phi) is 8.42. The molecule has 0 saturated carbocycles. The molecule has 0 unspecified atom stereocenters. The highest BCUT2D eigenvalue weighted by Crippen LogP contribution is 2.38. The monoisotopic (exact) mass is 578 g/mol. The minimum atomic E-state index is -0.392. The van der Waals surface area contributed by atoms with E-state index >= 15 is 0 Å². The van der Waals surface area contributed by atoms with Crippen LogP contribution in [0, 0.1) is 0 Å². The number of esters is 1. The van der Waals surface area contributed by atoms with E-state index in [1.54, 1.807) is 25.1 Å². The molecule has 4 rings (SSSR count). The zero-order chi connectivity index (χ0) is 24.8. The first kappa shape index (κ1) is 25.2. The Morgan fingerprint density at radius 3 is 3.03 bits per heavy atom. The fourth-order valence-electron chi connectivity index (χ4n) is 3.52. The predicted octanol–water partition coefficient (Wildman–Crippen LogP) is 4.57. The van der Waals surface area contributed by atoms with E-state index in [1.807, 2.05) is 0 Å². The minimum absolute atomic E-state index is 0.0668. The molecular formula is C22H23BrN6O4S2. The van der Waals surface area contributed by atoms with Gasteiger partial charge in [-0.25, -0.2) is 15.3 Å². The van der Waals surface area contributed by atoms with Crippen molar-refractivity contribution >= 4 is 68.1 Å². The summed E-state index contributed by atoms with van der Waals surface area (Å²) >= 11 is 5.94. The number of halogens is 1. The van der Waals surface area contributed by atoms with Crippen LogP contribution in [-0.4, -0.2) is 50.7 Å². The van der Waals surface area contributed by atoms with Crippen molar-refractivity contribution in [2.45, 2.75) is 37.8 Å². The van der Waals surface area contributed by atoms with Crippen molar-refractivity contribution in [3.8, 4) is 5.75 Å². The zero-order valence-electron chi connectivity index (χ0n) is 18.8. The summed E-state index contributed by atoms with van der Waals surface area (Å²) in [6, 6.07) is 5.00. The van der Waals surface area contributed by atoms with Gasteiger partial charge in [0.2, 0.25) is 17.0 Å². The third-order valence-electron chi connectivity index (χ3n) is 5.06. The number of hydrogen-bond acceptors (Lipinski definition) is 10. The molecule has 0 radical (unpaired) electrons. The van der Waals surface area contributed by atoms with Crippen LogP contribution in [0.4, 0.5) is 10.9 Å². The number of carbonyl (C=O) groups excluding carboxylic acids is 2. The largest absolute Gasteiger partial charge is 0.507 e. The topological polar surface area (TPSA) is 142 Å². The summed E-state index contributed by atoms with van der Waals surface area (Å²) < 4.78 is 6.04. The van der Waals surface area contributed by atoms with Crippen LogP contribution >= 0.6 is 39.0 Å². The maximum absolute atomic E-state index is 12.6. The normalized spacial score (nSPS) is 13.0. The number of ether oxygens (including phenoxy) is 1. The van der Waals surface area contributed by atoms with Gasteiger partial charge in [-0.15, -0.1) is 16.4 Å². The highest BCUT2D eigenvalue weighted by Gasteiger charge is 2.27. The number of nitrogens with one attached hydrogen (secondary N) is 3. The van der Waals surface area contributed by atoms with Gasteiger partial charge in [0, 0.05) is 14.9 Å². The number of rotatable bonds is 9. The fraction of sp³-hybridized carbons (Fsp3) is 0.318. The first-order valence-corrected chi connectivity index (χ1v) is 13.5. The number of thiophene rings is 1. The van der Waals surface area contributed by atoms with Crippen LogP contribution in [0.3, 0.4) is 0 Å². The molecule has 13 heteroatoms. The molecule has 0 fully saturated rings. The van der Waals surface area contributed by atoms with Crippen LogP contribution in [0.2, 0.25) is 0 Å². The van der Waals surface area contributed by atoms with Gasteiger partial charge in [-0.3, -0.25) is 4.79 Å². The number of phenolic OH excluding ortho intramolecular Hbond substituents is 1. The van der Waals surface area contributed by atoms with Gasteiger partial charge in [0.1, 0.15) is 10.8 Å². The standard InChI is InChI=1S/C22H23BrN6O4S2/c1-2-33-20(32)18-14-5-3-4-6-16(14)35-19(18)25-17(31)11-34-22-26-21(28-29-22)27-24-10-12-9-13(23)7-8-15(12)30/h7-10,30H,2-6,11H2,1H3,(H,25,31)(H2,26,27,28,29)/b24-10+. The zero-order valence-corrected chi connectivity index (χ0v) is 22.0. The van der Waals surface area contributed by atoms with Gasteiger partial charge in [0.05, 0.1) is 24.1 Å². The average molecular weight is 580 g/mol. The lowest BCUT2D eigenvalue weighted by atomic mass is 9.95. The predicted molar refractivity (Wildman–Crippen MR) is 140 cm³/mol. The number of hydrogen-bond donors (Lipinski definition) is 4. The van der Waals surface area contributed by atoms with Crippen molar-refractivity contribution in [3.05, 3.63) is 44.2 Å². The minimum Gasteiger partial charge on any atom is -0.507 e. The van der Waals surface area contributed by atoms with Gasteiger partial charge >= 0.3 is 5.97 Å². The smallest absolute Gasteiger partial charge is 0.341 e. The molecule has 10 nitrogen and oxygen atoms in total. The van der Waals surface area contributed by atoms with Crippen molar-refractivity contribution < 1.29 is 19.4 Å². The van der Waals surface area contributed by atoms with E-state index in [4.69, 9.17) is 4.74 Å². The molecule has 2 aromatic heterocycles. The van der Waals surface area contributed by atoms with E-state index < -0.39 is 5.97 Å². The number of H-pyrrole nitrogens is 1. The van der Waals surface area contributed by atoms with Gasteiger partial charge in [-0.2, -0.15) is 10.1 Å². The summed E-state index contributed by atoms with van der Waals surface area (Å²) in [5.74, 6) is -0.208. The quantitative estimate of drug-likeness (QED) is 0.125. The van der Waals surface area contributed by atoms with E-state index in [9.17, 15) is 14.7 Å². The second kappa shape index (κ2) is 11.7. The number of amides is 1. The molecule has 0 spiro atoms. The fourth-order valence-corrected chi connectivity index (χ4v) is 5.79. The molecule has 4 N–H and O–H groups in total. The van der Waals surface area contributed by atoms with Crippen LogP contribution in [-0.2, 0) is 22.4 Å². The Hall–Kier alpha value is -2.90. The van der Waals surface area contributed by atoms with Gasteiger partial charge in [0.25, 0.3) is 0 Å². The third-order valence-corrected chi connectivity index (χ3v) is 7.61. The Morgan fingerprint density at radius 2 is 2.20 bits per heavy atom. The molecule has 0 saturated heterocycles. The number of aromatic hydroxyl groups is 1. The Bertz CT molecular complexity index is 1260. The summed E-state index contributed by atoms with van der Waals surface area (Å²) in [4.78, 5) is 30.5. The van der Waals surface area contributed by atoms with Crippen molar-refractivity contribution in [1.82, 2.24) is 15.2 Å². The summed E-state index contributed by atoms with van der Waals surface area (Å²) in [6.07, 6.45) is 5.28. The lowest BCUT2D eigenvalue weighted by Crippen LogP contribution is -2.17. The maximum Gasteiger partial charge on any atom is 0.341 e. The number of anilines is 2. The van der Waals surface area contributed by atoms with Crippen LogP contribution in [0.25, 0.3) is 0 Å². The molecule has 3 aromatic rings. The number of benzene rings is 1. The molecule has 1 aliphatic rings. The summed E-state index contributed by atoms with van der Waals surface area (Å²) in [7, 11) is 0. The molecule has 35 heavy (non-hydrogen) atoms.